The monoisotopic (exact) mass is 316 g/mol. The highest BCUT2D eigenvalue weighted by Crippen LogP contribution is 2.28. The highest BCUT2D eigenvalue weighted by atomic mass is 19.4. The van der Waals surface area contributed by atoms with Crippen LogP contribution in [-0.2, 0) is 6.18 Å². The van der Waals surface area contributed by atoms with Gasteiger partial charge in [-0.15, -0.1) is 0 Å². The van der Waals surface area contributed by atoms with Gasteiger partial charge >= 0.3 is 12.4 Å². The molecule has 0 aromatic carbocycles. The Kier molecular flexibility index (Phi) is 5.62. The molecule has 0 bridgehead atoms. The largest absolute Gasteiger partial charge is 0.451 e. The first-order valence-electron chi connectivity index (χ1n) is 6.06. The number of hydrogen-bond acceptors (Lipinski definition) is 4. The summed E-state index contributed by atoms with van der Waals surface area (Å²) in [5, 5.41) is 5.02. The zero-order chi connectivity index (χ0) is 16.1. The third kappa shape index (κ3) is 6.50. The lowest BCUT2D eigenvalue weighted by Crippen LogP contribution is -2.15. The number of rotatable bonds is 6. The van der Waals surface area contributed by atoms with Crippen molar-refractivity contribution in [1.29, 1.82) is 0 Å². The molecule has 0 fully saturated rings. The number of alkyl halides is 6. The Morgan fingerprint density at radius 2 is 1.62 bits per heavy atom. The van der Waals surface area contributed by atoms with Crippen molar-refractivity contribution < 1.29 is 26.3 Å². The SMILES string of the molecule is CNc1cc(NCCCCC(F)(F)F)nc(C(F)(F)F)n1. The van der Waals surface area contributed by atoms with Crippen LogP contribution in [0.4, 0.5) is 38.0 Å². The van der Waals surface area contributed by atoms with Gasteiger partial charge in [0.15, 0.2) is 0 Å². The first-order chi connectivity index (χ1) is 9.62. The van der Waals surface area contributed by atoms with Gasteiger partial charge in [-0.25, -0.2) is 9.97 Å². The second-order valence-electron chi connectivity index (χ2n) is 4.21. The fourth-order valence-electron chi connectivity index (χ4n) is 1.46. The number of nitrogens with zero attached hydrogens (tertiary/aromatic N) is 2. The normalized spacial score (nSPS) is 12.3. The first-order valence-corrected chi connectivity index (χ1v) is 6.06. The van der Waals surface area contributed by atoms with Gasteiger partial charge in [0.2, 0.25) is 5.82 Å². The van der Waals surface area contributed by atoms with Gasteiger partial charge in [0.05, 0.1) is 0 Å². The Hall–Kier alpha value is -1.74. The van der Waals surface area contributed by atoms with E-state index in [0.717, 1.165) is 0 Å². The van der Waals surface area contributed by atoms with Crippen molar-refractivity contribution in [3.8, 4) is 0 Å². The van der Waals surface area contributed by atoms with Gasteiger partial charge < -0.3 is 10.6 Å². The van der Waals surface area contributed by atoms with Crippen molar-refractivity contribution in [2.45, 2.75) is 31.6 Å². The van der Waals surface area contributed by atoms with Gasteiger partial charge in [0, 0.05) is 26.1 Å². The smallest absolute Gasteiger partial charge is 0.373 e. The van der Waals surface area contributed by atoms with Gasteiger partial charge in [-0.2, -0.15) is 26.3 Å². The van der Waals surface area contributed by atoms with Gasteiger partial charge in [0.1, 0.15) is 11.6 Å². The maximum absolute atomic E-state index is 12.6. The van der Waals surface area contributed by atoms with Crippen LogP contribution in [-0.4, -0.2) is 29.7 Å². The second-order valence-corrected chi connectivity index (χ2v) is 4.21. The van der Waals surface area contributed by atoms with Crippen LogP contribution in [0, 0.1) is 0 Å². The number of anilines is 2. The molecule has 10 heteroatoms. The van der Waals surface area contributed by atoms with Gasteiger partial charge in [-0.3, -0.25) is 0 Å². The Bertz CT molecular complexity index is 457. The molecule has 0 spiro atoms. The maximum Gasteiger partial charge on any atom is 0.451 e. The molecular weight excluding hydrogens is 302 g/mol. The van der Waals surface area contributed by atoms with Crippen molar-refractivity contribution in [3.05, 3.63) is 11.9 Å². The number of nitrogens with one attached hydrogen (secondary N) is 2. The van der Waals surface area contributed by atoms with Crippen LogP contribution in [0.25, 0.3) is 0 Å². The third-order valence-electron chi connectivity index (χ3n) is 2.43. The number of hydrogen-bond donors (Lipinski definition) is 2. The zero-order valence-electron chi connectivity index (χ0n) is 11.1. The molecule has 0 atom stereocenters. The number of aromatic nitrogens is 2. The molecule has 1 rings (SSSR count). The topological polar surface area (TPSA) is 49.8 Å². The van der Waals surface area contributed by atoms with E-state index >= 15 is 0 Å². The van der Waals surface area contributed by atoms with Crippen LogP contribution in [0.1, 0.15) is 25.1 Å². The van der Waals surface area contributed by atoms with E-state index < -0.39 is 24.6 Å². The molecule has 1 aromatic heterocycles. The minimum Gasteiger partial charge on any atom is -0.373 e. The summed E-state index contributed by atoms with van der Waals surface area (Å²) < 4.78 is 73.4. The summed E-state index contributed by atoms with van der Waals surface area (Å²) in [6, 6.07) is 1.25. The summed E-state index contributed by atoms with van der Waals surface area (Å²) in [5.41, 5.74) is 0. The molecule has 0 amide bonds. The summed E-state index contributed by atoms with van der Waals surface area (Å²) >= 11 is 0. The van der Waals surface area contributed by atoms with E-state index in [1.807, 2.05) is 0 Å². The molecule has 0 aliphatic heterocycles. The Balaban J connectivity index is 2.59. The predicted octanol–water partition coefficient (Wildman–Crippen LogP) is 3.68. The molecule has 0 saturated carbocycles. The molecule has 21 heavy (non-hydrogen) atoms. The zero-order valence-corrected chi connectivity index (χ0v) is 11.1. The standard InChI is InChI=1S/C11H14F6N4/c1-18-7-6-8(21-9(20-7)11(15,16)17)19-5-3-2-4-10(12,13)14/h6H,2-5H2,1H3,(H2,18,19,20,21). The van der Waals surface area contributed by atoms with Crippen LogP contribution in [0.5, 0.6) is 0 Å². The highest BCUT2D eigenvalue weighted by molar-refractivity contribution is 5.47. The quantitative estimate of drug-likeness (QED) is 0.621. The molecule has 1 aromatic rings. The fraction of sp³-hybridized carbons (Fsp3) is 0.636. The van der Waals surface area contributed by atoms with Crippen LogP contribution in [0.15, 0.2) is 6.07 Å². The van der Waals surface area contributed by atoms with Gasteiger partial charge in [-0.1, -0.05) is 0 Å². The van der Waals surface area contributed by atoms with E-state index in [1.54, 1.807) is 0 Å². The molecule has 1 heterocycles. The molecule has 2 N–H and O–H groups in total. The summed E-state index contributed by atoms with van der Waals surface area (Å²) in [6.45, 7) is 0.0908. The molecule has 0 unspecified atom stereocenters. The molecule has 0 saturated heterocycles. The summed E-state index contributed by atoms with van der Waals surface area (Å²) in [5.74, 6) is -1.43. The average molecular weight is 316 g/mol. The lowest BCUT2D eigenvalue weighted by molar-refractivity contribution is -0.144. The van der Waals surface area contributed by atoms with Crippen LogP contribution in [0.3, 0.4) is 0 Å². The van der Waals surface area contributed by atoms with Crippen LogP contribution >= 0.6 is 0 Å². The lowest BCUT2D eigenvalue weighted by atomic mass is 10.2. The molecule has 0 radical (unpaired) electrons. The second kappa shape index (κ2) is 6.81. The molecule has 120 valence electrons. The van der Waals surface area contributed by atoms with Crippen molar-refractivity contribution in [3.63, 3.8) is 0 Å². The van der Waals surface area contributed by atoms with Crippen molar-refractivity contribution in [2.75, 3.05) is 24.2 Å². The average Bonchev–Trinajstić information content (AvgIpc) is 2.35. The molecular formula is C11H14F6N4. The van der Waals surface area contributed by atoms with Gasteiger partial charge in [0.25, 0.3) is 0 Å². The lowest BCUT2D eigenvalue weighted by Gasteiger charge is -2.11. The number of unbranched alkanes of at least 4 members (excludes halogenated alkanes) is 1. The van der Waals surface area contributed by atoms with Crippen LogP contribution < -0.4 is 10.6 Å². The highest BCUT2D eigenvalue weighted by Gasteiger charge is 2.35. The summed E-state index contributed by atoms with van der Waals surface area (Å²) in [6.07, 6.45) is -9.78. The summed E-state index contributed by atoms with van der Waals surface area (Å²) in [4.78, 5) is 6.55. The van der Waals surface area contributed by atoms with Crippen molar-refractivity contribution in [1.82, 2.24) is 9.97 Å². The van der Waals surface area contributed by atoms with E-state index in [1.165, 1.54) is 13.1 Å². The van der Waals surface area contributed by atoms with E-state index in [2.05, 4.69) is 20.6 Å². The Morgan fingerprint density at radius 3 is 2.14 bits per heavy atom. The Morgan fingerprint density at radius 1 is 1.00 bits per heavy atom. The van der Waals surface area contributed by atoms with E-state index in [-0.39, 0.29) is 31.0 Å². The van der Waals surface area contributed by atoms with E-state index in [0.29, 0.717) is 0 Å². The molecule has 4 nitrogen and oxygen atoms in total. The van der Waals surface area contributed by atoms with Gasteiger partial charge in [-0.05, 0) is 12.8 Å². The maximum atomic E-state index is 12.6. The minimum absolute atomic E-state index is 0.0323. The minimum atomic E-state index is -4.69. The van der Waals surface area contributed by atoms with E-state index in [4.69, 9.17) is 0 Å². The first kappa shape index (κ1) is 17.3. The predicted molar refractivity (Wildman–Crippen MR) is 65.0 cm³/mol. The Labute approximate surface area is 117 Å². The number of halogens is 6. The van der Waals surface area contributed by atoms with E-state index in [9.17, 15) is 26.3 Å². The van der Waals surface area contributed by atoms with Crippen molar-refractivity contribution >= 4 is 11.6 Å². The fourth-order valence-corrected chi connectivity index (χ4v) is 1.46. The molecule has 0 aliphatic carbocycles. The molecule has 0 aliphatic rings. The van der Waals surface area contributed by atoms with Crippen molar-refractivity contribution in [2.24, 2.45) is 0 Å². The van der Waals surface area contributed by atoms with Crippen LogP contribution in [0.2, 0.25) is 0 Å². The third-order valence-corrected chi connectivity index (χ3v) is 2.43. The summed E-state index contributed by atoms with van der Waals surface area (Å²) in [7, 11) is 1.40.